The third kappa shape index (κ3) is 2.88. The molecule has 0 N–H and O–H groups in total. The molecule has 3 heterocycles. The number of thiophene rings is 1. The first-order chi connectivity index (χ1) is 17.0. The van der Waals surface area contributed by atoms with Crippen molar-refractivity contribution in [2.75, 3.05) is 0 Å². The summed E-state index contributed by atoms with van der Waals surface area (Å²) >= 11 is 1.96. The molecule has 176 valence electrons. The summed E-state index contributed by atoms with van der Waals surface area (Å²) in [6.45, 7) is 15.2. The average Bonchev–Trinajstić information content (AvgIpc) is 3.46. The Morgan fingerprint density at radius 3 is 2.00 bits per heavy atom. The van der Waals surface area contributed by atoms with Crippen LogP contribution in [-0.4, -0.2) is 9.13 Å². The summed E-state index contributed by atoms with van der Waals surface area (Å²) in [5.74, 6) is 0. The van der Waals surface area contributed by atoms with Gasteiger partial charge in [0, 0.05) is 50.7 Å². The molecule has 0 aliphatic rings. The summed E-state index contributed by atoms with van der Waals surface area (Å²) < 4.78 is 7.77. The lowest BCUT2D eigenvalue weighted by molar-refractivity contribution is 0.787. The fourth-order valence-corrected chi connectivity index (χ4v) is 7.52. The number of aryl methyl sites for hydroxylation is 4. The van der Waals surface area contributed by atoms with Crippen molar-refractivity contribution in [3.05, 3.63) is 71.1 Å². The Hall–Kier alpha value is -3.30. The van der Waals surface area contributed by atoms with Gasteiger partial charge in [0.05, 0.1) is 15.7 Å². The Bertz CT molecular complexity index is 1850. The second-order valence-corrected chi connectivity index (χ2v) is 10.5. The predicted molar refractivity (Wildman–Crippen MR) is 158 cm³/mol. The number of benzene rings is 3. The van der Waals surface area contributed by atoms with Gasteiger partial charge < -0.3 is 9.13 Å². The maximum atomic E-state index is 2.52. The molecule has 0 spiro atoms. The standard InChI is InChI=1S/C32H32N2S/c1-7-13-25-19(5)23-17-24-28(18-27(23)33(25)9-3)35-32-30(24)22-16-12-11-15-21(22)29-20(6)26(14-8-2)34(10-4)31(29)32/h7-8,11-18H,9-10H2,1-6H3/b13-7-,14-8-. The molecule has 2 nitrogen and oxygen atoms in total. The number of rotatable bonds is 4. The van der Waals surface area contributed by atoms with Crippen molar-refractivity contribution in [3.8, 4) is 0 Å². The second-order valence-electron chi connectivity index (χ2n) is 9.45. The van der Waals surface area contributed by atoms with Crippen LogP contribution in [0, 0.1) is 13.8 Å². The Morgan fingerprint density at radius 1 is 0.743 bits per heavy atom. The summed E-state index contributed by atoms with van der Waals surface area (Å²) in [5.41, 5.74) is 8.14. The van der Waals surface area contributed by atoms with Crippen LogP contribution >= 0.6 is 11.3 Å². The van der Waals surface area contributed by atoms with Crippen LogP contribution < -0.4 is 0 Å². The molecule has 35 heavy (non-hydrogen) atoms. The molecular formula is C32H32N2S. The van der Waals surface area contributed by atoms with E-state index in [4.69, 9.17) is 0 Å². The highest BCUT2D eigenvalue weighted by Gasteiger charge is 2.22. The Kier molecular flexibility index (Phi) is 5.16. The molecule has 0 fully saturated rings. The summed E-state index contributed by atoms with van der Waals surface area (Å²) in [7, 11) is 0. The van der Waals surface area contributed by atoms with E-state index in [1.54, 1.807) is 0 Å². The van der Waals surface area contributed by atoms with Crippen molar-refractivity contribution < 1.29 is 0 Å². The summed E-state index contributed by atoms with van der Waals surface area (Å²) in [5, 5.41) is 8.29. The molecule has 0 saturated heterocycles. The Balaban J connectivity index is 1.89. The van der Waals surface area contributed by atoms with Crippen molar-refractivity contribution in [3.63, 3.8) is 0 Å². The van der Waals surface area contributed by atoms with E-state index in [1.165, 1.54) is 75.3 Å². The zero-order valence-electron chi connectivity index (χ0n) is 21.5. The number of allylic oxidation sites excluding steroid dienone is 2. The molecule has 6 aromatic rings. The lowest BCUT2D eigenvalue weighted by Gasteiger charge is -2.08. The van der Waals surface area contributed by atoms with E-state index in [1.807, 2.05) is 11.3 Å². The van der Waals surface area contributed by atoms with Gasteiger partial charge in [-0.1, -0.05) is 36.4 Å². The fraction of sp³-hybridized carbons (Fsp3) is 0.250. The van der Waals surface area contributed by atoms with Crippen LogP contribution in [0.3, 0.4) is 0 Å². The predicted octanol–water partition coefficient (Wildman–Crippen LogP) is 9.84. The molecule has 0 aliphatic heterocycles. The first-order valence-corrected chi connectivity index (χ1v) is 13.5. The third-order valence-corrected chi connectivity index (χ3v) is 8.85. The van der Waals surface area contributed by atoms with Crippen LogP contribution in [0.4, 0.5) is 0 Å². The van der Waals surface area contributed by atoms with E-state index in [0.29, 0.717) is 0 Å². The van der Waals surface area contributed by atoms with Crippen molar-refractivity contribution in [1.82, 2.24) is 9.13 Å². The molecular weight excluding hydrogens is 444 g/mol. The minimum absolute atomic E-state index is 0.959. The summed E-state index contributed by atoms with van der Waals surface area (Å²) in [4.78, 5) is 0. The quantitative estimate of drug-likeness (QED) is 0.239. The zero-order chi connectivity index (χ0) is 24.4. The maximum absolute atomic E-state index is 2.52. The number of nitrogens with zero attached hydrogens (tertiary/aromatic N) is 2. The van der Waals surface area contributed by atoms with E-state index in [-0.39, 0.29) is 0 Å². The highest BCUT2D eigenvalue weighted by molar-refractivity contribution is 7.27. The van der Waals surface area contributed by atoms with Gasteiger partial charge in [0.1, 0.15) is 0 Å². The van der Waals surface area contributed by atoms with Gasteiger partial charge >= 0.3 is 0 Å². The average molecular weight is 477 g/mol. The second kappa shape index (κ2) is 8.13. The highest BCUT2D eigenvalue weighted by Crippen LogP contribution is 2.47. The van der Waals surface area contributed by atoms with Gasteiger partial charge in [-0.15, -0.1) is 11.3 Å². The van der Waals surface area contributed by atoms with Crippen molar-refractivity contribution in [2.24, 2.45) is 0 Å². The zero-order valence-corrected chi connectivity index (χ0v) is 22.3. The molecule has 0 atom stereocenters. The van der Waals surface area contributed by atoms with Gasteiger partial charge in [0.2, 0.25) is 0 Å². The Morgan fingerprint density at radius 2 is 1.37 bits per heavy atom. The molecule has 6 rings (SSSR count). The van der Waals surface area contributed by atoms with Crippen molar-refractivity contribution in [1.29, 1.82) is 0 Å². The Labute approximate surface area is 210 Å². The van der Waals surface area contributed by atoms with Gasteiger partial charge in [-0.3, -0.25) is 0 Å². The van der Waals surface area contributed by atoms with Gasteiger partial charge in [-0.25, -0.2) is 0 Å². The lowest BCUT2D eigenvalue weighted by Crippen LogP contribution is -1.96. The smallest absolute Gasteiger partial charge is 0.0675 e. The molecule has 3 aromatic heterocycles. The highest BCUT2D eigenvalue weighted by atomic mass is 32.1. The molecule has 0 aliphatic carbocycles. The molecule has 0 unspecified atom stereocenters. The van der Waals surface area contributed by atoms with Crippen LogP contribution in [0.25, 0.3) is 64.9 Å². The fourth-order valence-electron chi connectivity index (χ4n) is 6.22. The van der Waals surface area contributed by atoms with Crippen molar-refractivity contribution >= 4 is 76.2 Å². The third-order valence-electron chi connectivity index (χ3n) is 7.70. The van der Waals surface area contributed by atoms with Crippen LogP contribution in [0.2, 0.25) is 0 Å². The van der Waals surface area contributed by atoms with E-state index in [2.05, 4.69) is 111 Å². The monoisotopic (exact) mass is 476 g/mol. The molecule has 0 radical (unpaired) electrons. The number of aromatic nitrogens is 2. The molecule has 3 aromatic carbocycles. The molecule has 0 bridgehead atoms. The van der Waals surface area contributed by atoms with E-state index < -0.39 is 0 Å². The first-order valence-electron chi connectivity index (χ1n) is 12.7. The lowest BCUT2D eigenvalue weighted by atomic mass is 9.98. The molecule has 0 saturated carbocycles. The normalized spacial score (nSPS) is 12.9. The number of hydrogen-bond acceptors (Lipinski definition) is 1. The van der Waals surface area contributed by atoms with Crippen LogP contribution in [-0.2, 0) is 13.1 Å². The van der Waals surface area contributed by atoms with Crippen LogP contribution in [0.1, 0.15) is 50.2 Å². The molecule has 0 amide bonds. The van der Waals surface area contributed by atoms with Crippen LogP contribution in [0.15, 0.2) is 48.6 Å². The molecule has 3 heteroatoms. The summed E-state index contributed by atoms with van der Waals surface area (Å²) in [6.07, 6.45) is 8.85. The number of fused-ring (bicyclic) bond motifs is 9. The largest absolute Gasteiger partial charge is 0.341 e. The topological polar surface area (TPSA) is 9.86 Å². The number of hydrogen-bond donors (Lipinski definition) is 0. The van der Waals surface area contributed by atoms with Crippen molar-refractivity contribution in [2.45, 2.75) is 54.6 Å². The van der Waals surface area contributed by atoms with E-state index >= 15 is 0 Å². The van der Waals surface area contributed by atoms with Crippen LogP contribution in [0.5, 0.6) is 0 Å². The van der Waals surface area contributed by atoms with E-state index in [0.717, 1.165) is 13.1 Å². The van der Waals surface area contributed by atoms with Gasteiger partial charge in [-0.2, -0.15) is 0 Å². The minimum atomic E-state index is 0.959. The van der Waals surface area contributed by atoms with Gasteiger partial charge in [0.15, 0.2) is 0 Å². The summed E-state index contributed by atoms with van der Waals surface area (Å²) in [6, 6.07) is 13.9. The first kappa shape index (κ1) is 22.2. The SMILES string of the molecule is C/C=C\c1c(C)c2cc3c(cc2n1CC)sc1c3c2ccccc2c2c(C)c(/C=C\C)n(CC)c12. The van der Waals surface area contributed by atoms with E-state index in [9.17, 15) is 0 Å². The maximum Gasteiger partial charge on any atom is 0.0675 e. The van der Waals surface area contributed by atoms with Gasteiger partial charge in [0.25, 0.3) is 0 Å². The van der Waals surface area contributed by atoms with Gasteiger partial charge in [-0.05, 0) is 87.7 Å². The minimum Gasteiger partial charge on any atom is -0.341 e.